The van der Waals surface area contributed by atoms with E-state index < -0.39 is 17.2 Å². The molecule has 7 nitrogen and oxygen atoms in total. The zero-order chi connectivity index (χ0) is 23.3. The fourth-order valence-corrected chi connectivity index (χ4v) is 5.37. The highest BCUT2D eigenvalue weighted by Gasteiger charge is 2.28. The number of carbonyl (C=O) groups is 2. The summed E-state index contributed by atoms with van der Waals surface area (Å²) >= 11 is 2.69. The lowest BCUT2D eigenvalue weighted by atomic mass is 9.97. The number of nitrogens with zero attached hydrogens (tertiary/aromatic N) is 2. The number of urea groups is 1. The zero-order valence-electron chi connectivity index (χ0n) is 18.4. The maximum absolute atomic E-state index is 13.9. The lowest BCUT2D eigenvalue weighted by Crippen LogP contribution is -2.38. The number of methoxy groups -OCH3 is 1. The molecule has 10 heteroatoms. The number of halogens is 1. The van der Waals surface area contributed by atoms with Gasteiger partial charge < -0.3 is 9.84 Å². The molecule has 3 rings (SSSR count). The van der Waals surface area contributed by atoms with Crippen LogP contribution in [0, 0.1) is 17.2 Å². The van der Waals surface area contributed by atoms with E-state index in [1.54, 1.807) is 31.0 Å². The number of thiazole rings is 1. The molecule has 0 atom stereocenters. The van der Waals surface area contributed by atoms with E-state index in [0.717, 1.165) is 29.9 Å². The molecule has 1 saturated carbocycles. The molecular formula is C22H28FN3O4S2. The van der Waals surface area contributed by atoms with E-state index in [-0.39, 0.29) is 11.8 Å². The van der Waals surface area contributed by atoms with Gasteiger partial charge in [0.05, 0.1) is 22.9 Å². The first kappa shape index (κ1) is 24.3. The minimum absolute atomic E-state index is 0.0840. The number of carboxylic acids is 1. The second-order valence-corrected chi connectivity index (χ2v) is 10.8. The average Bonchev–Trinajstić information content (AvgIpc) is 3.43. The number of aromatic nitrogens is 1. The van der Waals surface area contributed by atoms with Gasteiger partial charge >= 0.3 is 12.0 Å². The molecule has 32 heavy (non-hydrogen) atoms. The molecule has 0 spiro atoms. The molecule has 0 unspecified atom stereocenters. The second-order valence-electron chi connectivity index (χ2n) is 8.47. The monoisotopic (exact) mass is 481 g/mol. The smallest absolute Gasteiger partial charge is 0.328 e. The summed E-state index contributed by atoms with van der Waals surface area (Å²) in [6.45, 7) is 3.87. The van der Waals surface area contributed by atoms with Crippen LogP contribution in [0.3, 0.4) is 0 Å². The average molecular weight is 482 g/mol. The molecule has 0 radical (unpaired) electrons. The predicted octanol–water partition coefficient (Wildman–Crippen LogP) is 5.72. The van der Waals surface area contributed by atoms with E-state index in [1.807, 2.05) is 0 Å². The van der Waals surface area contributed by atoms with Crippen molar-refractivity contribution in [2.75, 3.05) is 29.6 Å². The molecule has 174 valence electrons. The Bertz CT molecular complexity index is 960. The van der Waals surface area contributed by atoms with Gasteiger partial charge in [-0.05, 0) is 44.7 Å². The third-order valence-electron chi connectivity index (χ3n) is 5.46. The lowest BCUT2D eigenvalue weighted by molar-refractivity contribution is -0.145. The maximum Gasteiger partial charge on any atom is 0.328 e. The van der Waals surface area contributed by atoms with Gasteiger partial charge in [-0.25, -0.2) is 14.2 Å². The van der Waals surface area contributed by atoms with Crippen LogP contribution in [0.2, 0.25) is 0 Å². The first-order chi connectivity index (χ1) is 15.2. The molecule has 0 bridgehead atoms. The number of nitrogens with one attached hydrogen (secondary N) is 1. The minimum Gasteiger partial charge on any atom is -0.494 e. The van der Waals surface area contributed by atoms with Gasteiger partial charge in [-0.3, -0.25) is 15.0 Å². The highest BCUT2D eigenvalue weighted by atomic mass is 32.2. The number of amides is 2. The fourth-order valence-electron chi connectivity index (χ4n) is 3.43. The van der Waals surface area contributed by atoms with E-state index in [1.165, 1.54) is 42.3 Å². The summed E-state index contributed by atoms with van der Waals surface area (Å²) in [6.07, 6.45) is 6.03. The van der Waals surface area contributed by atoms with Crippen LogP contribution in [0.25, 0.3) is 0 Å². The third-order valence-corrected chi connectivity index (χ3v) is 8.03. The predicted molar refractivity (Wildman–Crippen MR) is 126 cm³/mol. The highest BCUT2D eigenvalue weighted by molar-refractivity contribution is 8.01. The van der Waals surface area contributed by atoms with Crippen molar-refractivity contribution in [3.63, 3.8) is 0 Å². The molecule has 0 aliphatic heterocycles. The number of benzene rings is 1. The quantitative estimate of drug-likeness (QED) is 0.445. The van der Waals surface area contributed by atoms with Crippen LogP contribution in [0.4, 0.5) is 20.0 Å². The standard InChI is InChI=1S/C22H28FN3O4S2/c1-22(2,19(27)28)13-31-18-11-24-20(32-18)25-21(29)26(12-14-6-4-5-7-14)15-8-9-16(23)17(10-15)30-3/h8-11,14H,4-7,12-13H2,1-3H3,(H,27,28)(H,24,25,29). The molecule has 2 amide bonds. The number of carbonyl (C=O) groups excluding carboxylic acids is 1. The molecule has 1 aromatic carbocycles. The number of ether oxygens (including phenoxy) is 1. The lowest BCUT2D eigenvalue weighted by Gasteiger charge is -2.26. The number of rotatable bonds is 9. The largest absolute Gasteiger partial charge is 0.494 e. The Hall–Kier alpha value is -2.33. The van der Waals surface area contributed by atoms with Crippen LogP contribution in [-0.2, 0) is 4.79 Å². The SMILES string of the molecule is COc1cc(N(CC2CCCC2)C(=O)Nc2ncc(SCC(C)(C)C(=O)O)s2)ccc1F. The van der Waals surface area contributed by atoms with Crippen LogP contribution < -0.4 is 15.0 Å². The first-order valence-corrected chi connectivity index (χ1v) is 12.2. The summed E-state index contributed by atoms with van der Waals surface area (Å²) in [5.74, 6) is -0.483. The topological polar surface area (TPSA) is 91.8 Å². The summed E-state index contributed by atoms with van der Waals surface area (Å²) in [7, 11) is 1.39. The normalized spacial score (nSPS) is 14.4. The Labute approximate surface area is 195 Å². The Balaban J connectivity index is 1.72. The molecule has 1 fully saturated rings. The summed E-state index contributed by atoms with van der Waals surface area (Å²) in [4.78, 5) is 30.3. The van der Waals surface area contributed by atoms with Gasteiger partial charge in [0.25, 0.3) is 0 Å². The summed E-state index contributed by atoms with van der Waals surface area (Å²) < 4.78 is 19.8. The van der Waals surface area contributed by atoms with Crippen molar-refractivity contribution < 1.29 is 23.8 Å². The van der Waals surface area contributed by atoms with Crippen molar-refractivity contribution in [2.45, 2.75) is 43.7 Å². The van der Waals surface area contributed by atoms with Crippen LogP contribution in [0.1, 0.15) is 39.5 Å². The zero-order valence-corrected chi connectivity index (χ0v) is 20.0. The van der Waals surface area contributed by atoms with Crippen molar-refractivity contribution >= 4 is 45.9 Å². The summed E-state index contributed by atoms with van der Waals surface area (Å²) in [5, 5.41) is 12.5. The summed E-state index contributed by atoms with van der Waals surface area (Å²) in [5.41, 5.74) is -0.306. The molecule has 2 aromatic rings. The molecule has 1 aliphatic carbocycles. The Morgan fingerprint density at radius 3 is 2.75 bits per heavy atom. The Morgan fingerprint density at radius 2 is 2.09 bits per heavy atom. The molecule has 2 N–H and O–H groups in total. The van der Waals surface area contributed by atoms with Gasteiger partial charge in [0.2, 0.25) is 0 Å². The Morgan fingerprint density at radius 1 is 1.38 bits per heavy atom. The highest BCUT2D eigenvalue weighted by Crippen LogP contribution is 2.34. The number of thioether (sulfide) groups is 1. The van der Waals surface area contributed by atoms with Crippen molar-refractivity contribution in [1.29, 1.82) is 0 Å². The van der Waals surface area contributed by atoms with Crippen LogP contribution in [0.15, 0.2) is 28.6 Å². The van der Waals surface area contributed by atoms with Crippen molar-refractivity contribution in [2.24, 2.45) is 11.3 Å². The van der Waals surface area contributed by atoms with Crippen LogP contribution in [0.5, 0.6) is 5.75 Å². The van der Waals surface area contributed by atoms with Crippen LogP contribution in [-0.4, -0.2) is 41.5 Å². The van der Waals surface area contributed by atoms with E-state index in [2.05, 4.69) is 10.3 Å². The van der Waals surface area contributed by atoms with Crippen molar-refractivity contribution in [1.82, 2.24) is 4.98 Å². The second kappa shape index (κ2) is 10.5. The number of carboxylic acid groups (broad SMARTS) is 1. The molecule has 0 saturated heterocycles. The molecule has 1 aliphatic rings. The van der Waals surface area contributed by atoms with E-state index in [4.69, 9.17) is 4.74 Å². The Kier molecular flexibility index (Phi) is 8.00. The number of hydrogen-bond acceptors (Lipinski definition) is 6. The minimum atomic E-state index is -0.863. The van der Waals surface area contributed by atoms with Crippen LogP contribution >= 0.6 is 23.1 Å². The maximum atomic E-state index is 13.9. The van der Waals surface area contributed by atoms with Crippen molar-refractivity contribution in [3.05, 3.63) is 30.2 Å². The molecule has 1 aromatic heterocycles. The van der Waals surface area contributed by atoms with E-state index in [9.17, 15) is 19.1 Å². The fraction of sp³-hybridized carbons (Fsp3) is 0.500. The van der Waals surface area contributed by atoms with Gasteiger partial charge in [0.15, 0.2) is 16.7 Å². The number of aliphatic carboxylic acids is 1. The van der Waals surface area contributed by atoms with Gasteiger partial charge in [0, 0.05) is 24.1 Å². The molecule has 1 heterocycles. The van der Waals surface area contributed by atoms with Crippen molar-refractivity contribution in [3.8, 4) is 5.75 Å². The van der Waals surface area contributed by atoms with Gasteiger partial charge in [0.1, 0.15) is 0 Å². The van der Waals surface area contributed by atoms with Gasteiger partial charge in [-0.1, -0.05) is 24.2 Å². The summed E-state index contributed by atoms with van der Waals surface area (Å²) in [6, 6.07) is 4.05. The van der Waals surface area contributed by atoms with E-state index >= 15 is 0 Å². The van der Waals surface area contributed by atoms with E-state index in [0.29, 0.717) is 29.0 Å². The third kappa shape index (κ3) is 6.13. The molecular weight excluding hydrogens is 453 g/mol. The van der Waals surface area contributed by atoms with Gasteiger partial charge in [-0.15, -0.1) is 11.8 Å². The first-order valence-electron chi connectivity index (χ1n) is 10.4. The number of anilines is 2. The van der Waals surface area contributed by atoms with Gasteiger partial charge in [-0.2, -0.15) is 0 Å². The number of hydrogen-bond donors (Lipinski definition) is 2.